The second-order valence-electron chi connectivity index (χ2n) is 9.36. The molecule has 0 fully saturated rings. The average Bonchev–Trinajstić information content (AvgIpc) is 2.82. The van der Waals surface area contributed by atoms with E-state index in [1.54, 1.807) is 16.7 Å². The van der Waals surface area contributed by atoms with Crippen molar-refractivity contribution in [3.8, 4) is 0 Å². The second-order valence-corrected chi connectivity index (χ2v) is 10.3. The molecule has 2 amide bonds. The van der Waals surface area contributed by atoms with Gasteiger partial charge in [-0.1, -0.05) is 90.0 Å². The lowest BCUT2D eigenvalue weighted by atomic mass is 10.0. The topological polar surface area (TPSA) is 49.4 Å². The van der Waals surface area contributed by atoms with Crippen LogP contribution in [-0.2, 0) is 28.3 Å². The highest BCUT2D eigenvalue weighted by Gasteiger charge is 2.30. The number of carbonyl (C=O) groups is 2. The predicted octanol–water partition coefficient (Wildman–Crippen LogP) is 5.70. The predicted molar refractivity (Wildman–Crippen MR) is 146 cm³/mol. The van der Waals surface area contributed by atoms with Crippen LogP contribution in [0.15, 0.2) is 78.9 Å². The molecule has 35 heavy (non-hydrogen) atoms. The van der Waals surface area contributed by atoms with E-state index in [1.807, 2.05) is 81.4 Å². The fraction of sp³-hybridized carbons (Fsp3) is 0.333. The third kappa shape index (κ3) is 8.59. The molecule has 184 valence electrons. The maximum absolute atomic E-state index is 13.6. The summed E-state index contributed by atoms with van der Waals surface area (Å²) in [6.45, 7) is 8.41. The van der Waals surface area contributed by atoms with Crippen LogP contribution in [0.5, 0.6) is 0 Å². The molecule has 0 bridgehead atoms. The van der Waals surface area contributed by atoms with Crippen LogP contribution < -0.4 is 5.32 Å². The second kappa shape index (κ2) is 13.1. The first-order chi connectivity index (χ1) is 16.8. The number of nitrogens with one attached hydrogen (secondary N) is 1. The van der Waals surface area contributed by atoms with Gasteiger partial charge >= 0.3 is 0 Å². The number of carbonyl (C=O) groups excluding carboxylic acids is 2. The van der Waals surface area contributed by atoms with E-state index in [0.29, 0.717) is 18.7 Å². The summed E-state index contributed by atoms with van der Waals surface area (Å²) < 4.78 is 0. The molecule has 1 N–H and O–H groups in total. The summed E-state index contributed by atoms with van der Waals surface area (Å²) >= 11 is 1.59. The van der Waals surface area contributed by atoms with E-state index in [0.717, 1.165) is 16.9 Å². The molecule has 1 atom stereocenters. The fourth-order valence-corrected chi connectivity index (χ4v) is 4.82. The smallest absolute Gasteiger partial charge is 0.243 e. The van der Waals surface area contributed by atoms with Crippen LogP contribution in [0.1, 0.15) is 41.7 Å². The quantitative estimate of drug-likeness (QED) is 0.377. The molecule has 0 heterocycles. The van der Waals surface area contributed by atoms with E-state index < -0.39 is 6.04 Å². The number of hydrogen-bond acceptors (Lipinski definition) is 3. The van der Waals surface area contributed by atoms with Gasteiger partial charge in [-0.2, -0.15) is 0 Å². The first kappa shape index (κ1) is 26.6. The highest BCUT2D eigenvalue weighted by atomic mass is 32.2. The monoisotopic (exact) mass is 488 g/mol. The molecule has 0 aliphatic carbocycles. The van der Waals surface area contributed by atoms with Crippen molar-refractivity contribution in [1.29, 1.82) is 0 Å². The van der Waals surface area contributed by atoms with Crippen molar-refractivity contribution in [2.45, 2.75) is 58.5 Å². The Morgan fingerprint density at radius 2 is 1.51 bits per heavy atom. The highest BCUT2D eigenvalue weighted by Crippen LogP contribution is 2.19. The van der Waals surface area contributed by atoms with E-state index in [2.05, 4.69) is 30.4 Å². The van der Waals surface area contributed by atoms with E-state index in [1.165, 1.54) is 16.7 Å². The molecule has 5 heteroatoms. The minimum absolute atomic E-state index is 0.00667. The van der Waals surface area contributed by atoms with Gasteiger partial charge in [0.25, 0.3) is 0 Å². The van der Waals surface area contributed by atoms with Crippen LogP contribution in [0.3, 0.4) is 0 Å². The zero-order chi connectivity index (χ0) is 25.2. The SMILES string of the molecule is Cc1ccc(CN(C(=O)CSCc2cccc(C)c2)[C@@H](Cc2ccccc2)C(=O)NC(C)C)cc1. The first-order valence-electron chi connectivity index (χ1n) is 12.1. The summed E-state index contributed by atoms with van der Waals surface area (Å²) in [5.74, 6) is 0.934. The Hall–Kier alpha value is -3.05. The highest BCUT2D eigenvalue weighted by molar-refractivity contribution is 7.99. The lowest BCUT2D eigenvalue weighted by molar-refractivity contribution is -0.139. The standard InChI is InChI=1S/C30H36N2O2S/c1-22(2)31-30(34)28(18-25-10-6-5-7-11-25)32(19-26-15-13-23(3)14-16-26)29(33)21-35-20-27-12-8-9-24(4)17-27/h5-17,22,28H,18-21H2,1-4H3,(H,31,34)/t28-/m0/s1. The Balaban J connectivity index is 1.84. The van der Waals surface area contributed by atoms with Crippen molar-refractivity contribution in [2.24, 2.45) is 0 Å². The molecule has 0 aromatic heterocycles. The zero-order valence-corrected chi connectivity index (χ0v) is 22.0. The van der Waals surface area contributed by atoms with Crippen LogP contribution in [-0.4, -0.2) is 34.6 Å². The number of thioether (sulfide) groups is 1. The van der Waals surface area contributed by atoms with Gasteiger partial charge in [-0.3, -0.25) is 9.59 Å². The van der Waals surface area contributed by atoms with Crippen molar-refractivity contribution >= 4 is 23.6 Å². The van der Waals surface area contributed by atoms with Gasteiger partial charge < -0.3 is 10.2 Å². The number of benzene rings is 3. The van der Waals surface area contributed by atoms with Crippen molar-refractivity contribution in [2.75, 3.05) is 5.75 Å². The normalized spacial score (nSPS) is 11.8. The fourth-order valence-electron chi connectivity index (χ4n) is 3.97. The zero-order valence-electron chi connectivity index (χ0n) is 21.2. The minimum atomic E-state index is -0.590. The van der Waals surface area contributed by atoms with E-state index in [4.69, 9.17) is 0 Å². The largest absolute Gasteiger partial charge is 0.352 e. The maximum Gasteiger partial charge on any atom is 0.243 e. The van der Waals surface area contributed by atoms with Gasteiger partial charge in [-0.25, -0.2) is 0 Å². The molecular formula is C30H36N2O2S. The van der Waals surface area contributed by atoms with Gasteiger partial charge in [0.05, 0.1) is 5.75 Å². The van der Waals surface area contributed by atoms with E-state index in [-0.39, 0.29) is 17.9 Å². The number of aryl methyl sites for hydroxylation is 2. The summed E-state index contributed by atoms with van der Waals surface area (Å²) in [7, 11) is 0. The summed E-state index contributed by atoms with van der Waals surface area (Å²) in [5.41, 5.74) is 5.63. The molecule has 0 radical (unpaired) electrons. The summed E-state index contributed by atoms with van der Waals surface area (Å²) in [6, 6.07) is 25.8. The van der Waals surface area contributed by atoms with Crippen LogP contribution in [0, 0.1) is 13.8 Å². The Bertz CT molecular complexity index is 1100. The van der Waals surface area contributed by atoms with Crippen LogP contribution >= 0.6 is 11.8 Å². The third-order valence-corrected chi connectivity index (χ3v) is 6.74. The van der Waals surface area contributed by atoms with Crippen LogP contribution in [0.25, 0.3) is 0 Å². The van der Waals surface area contributed by atoms with Gasteiger partial charge in [0.2, 0.25) is 11.8 Å². The Morgan fingerprint density at radius 3 is 2.17 bits per heavy atom. The molecule has 3 rings (SSSR count). The summed E-state index contributed by atoms with van der Waals surface area (Å²) in [6.07, 6.45) is 0.472. The van der Waals surface area contributed by atoms with Crippen molar-refractivity contribution in [1.82, 2.24) is 10.2 Å². The van der Waals surface area contributed by atoms with E-state index >= 15 is 0 Å². The molecule has 0 saturated carbocycles. The lowest BCUT2D eigenvalue weighted by Crippen LogP contribution is -2.52. The Kier molecular flexibility index (Phi) is 9.98. The van der Waals surface area contributed by atoms with E-state index in [9.17, 15) is 9.59 Å². The first-order valence-corrected chi connectivity index (χ1v) is 13.3. The molecule has 3 aromatic rings. The average molecular weight is 489 g/mol. The molecular weight excluding hydrogens is 452 g/mol. The molecule has 0 aliphatic rings. The third-order valence-electron chi connectivity index (χ3n) is 5.75. The Labute approximate surface area is 214 Å². The van der Waals surface area contributed by atoms with Gasteiger partial charge in [-0.05, 0) is 44.4 Å². The van der Waals surface area contributed by atoms with Crippen molar-refractivity contribution < 1.29 is 9.59 Å². The minimum Gasteiger partial charge on any atom is -0.352 e. The lowest BCUT2D eigenvalue weighted by Gasteiger charge is -2.32. The summed E-state index contributed by atoms with van der Waals surface area (Å²) in [4.78, 5) is 28.8. The van der Waals surface area contributed by atoms with Crippen LogP contribution in [0.4, 0.5) is 0 Å². The Morgan fingerprint density at radius 1 is 0.829 bits per heavy atom. The molecule has 0 unspecified atom stereocenters. The van der Waals surface area contributed by atoms with Gasteiger partial charge in [-0.15, -0.1) is 11.8 Å². The molecule has 3 aromatic carbocycles. The van der Waals surface area contributed by atoms with Crippen molar-refractivity contribution in [3.63, 3.8) is 0 Å². The number of nitrogens with zero attached hydrogens (tertiary/aromatic N) is 1. The number of hydrogen-bond donors (Lipinski definition) is 1. The number of amides is 2. The van der Waals surface area contributed by atoms with Gasteiger partial charge in [0, 0.05) is 24.8 Å². The van der Waals surface area contributed by atoms with Gasteiger partial charge in [0.1, 0.15) is 6.04 Å². The maximum atomic E-state index is 13.6. The van der Waals surface area contributed by atoms with Crippen molar-refractivity contribution in [3.05, 3.63) is 107 Å². The molecule has 0 spiro atoms. The van der Waals surface area contributed by atoms with Gasteiger partial charge in [0.15, 0.2) is 0 Å². The molecule has 4 nitrogen and oxygen atoms in total. The molecule has 0 saturated heterocycles. The van der Waals surface area contributed by atoms with Crippen LogP contribution in [0.2, 0.25) is 0 Å². The number of rotatable bonds is 11. The summed E-state index contributed by atoms with van der Waals surface area (Å²) in [5, 5.41) is 3.04. The molecule has 0 aliphatic heterocycles.